The van der Waals surface area contributed by atoms with Gasteiger partial charge in [0.05, 0.1) is 26.0 Å². The highest BCUT2D eigenvalue weighted by Crippen LogP contribution is 2.28. The number of hydrogen-bond acceptors (Lipinski definition) is 7. The van der Waals surface area contributed by atoms with E-state index < -0.39 is 0 Å². The number of aromatic amines is 1. The molecular formula is C10H15N5OS2. The highest BCUT2D eigenvalue weighted by Gasteiger charge is 2.25. The highest BCUT2D eigenvalue weighted by atomic mass is 32.2. The number of hydrogen-bond donors (Lipinski definition) is 1. The van der Waals surface area contributed by atoms with Crippen molar-refractivity contribution >= 4 is 28.7 Å². The number of aliphatic imine (C=N–C) groups is 1. The molecular weight excluding hydrogens is 270 g/mol. The van der Waals surface area contributed by atoms with Crippen LogP contribution in [0.3, 0.4) is 0 Å². The molecule has 1 atom stereocenters. The van der Waals surface area contributed by atoms with E-state index in [1.807, 2.05) is 11.8 Å². The second kappa shape index (κ2) is 5.94. The Morgan fingerprint density at radius 2 is 2.39 bits per heavy atom. The Hall–Kier alpha value is -0.730. The maximum Gasteiger partial charge on any atom is 0.159 e. The van der Waals surface area contributed by atoms with Crippen LogP contribution in [0.25, 0.3) is 0 Å². The molecule has 1 N–H and O–H groups in total. The molecule has 0 amide bonds. The summed E-state index contributed by atoms with van der Waals surface area (Å²) in [5.41, 5.74) is 0. The van der Waals surface area contributed by atoms with Gasteiger partial charge in [0.2, 0.25) is 0 Å². The first kappa shape index (κ1) is 12.3. The maximum absolute atomic E-state index is 5.35. The summed E-state index contributed by atoms with van der Waals surface area (Å²) in [6, 6.07) is 0. The van der Waals surface area contributed by atoms with E-state index in [1.165, 1.54) is 5.17 Å². The van der Waals surface area contributed by atoms with Gasteiger partial charge in [0.1, 0.15) is 5.03 Å². The molecule has 3 rings (SSSR count). The monoisotopic (exact) mass is 285 g/mol. The third kappa shape index (κ3) is 2.99. The van der Waals surface area contributed by atoms with Crippen molar-refractivity contribution in [2.75, 3.05) is 38.6 Å². The predicted octanol–water partition coefficient (Wildman–Crippen LogP) is 0.700. The van der Waals surface area contributed by atoms with Gasteiger partial charge in [0, 0.05) is 24.1 Å². The van der Waals surface area contributed by atoms with E-state index in [0.29, 0.717) is 5.25 Å². The first-order valence-corrected chi connectivity index (χ1v) is 7.81. The van der Waals surface area contributed by atoms with Crippen molar-refractivity contribution in [1.29, 1.82) is 0 Å². The van der Waals surface area contributed by atoms with E-state index in [-0.39, 0.29) is 0 Å². The fraction of sp³-hybridized carbons (Fsp3) is 0.700. The zero-order valence-corrected chi connectivity index (χ0v) is 11.5. The quantitative estimate of drug-likeness (QED) is 0.825. The summed E-state index contributed by atoms with van der Waals surface area (Å²) >= 11 is 3.61. The molecule has 0 bridgehead atoms. The number of H-pyrrole nitrogens is 1. The Bertz CT molecular complexity index is 404. The minimum absolute atomic E-state index is 0.546. The van der Waals surface area contributed by atoms with Gasteiger partial charge in [0.15, 0.2) is 5.17 Å². The van der Waals surface area contributed by atoms with E-state index >= 15 is 0 Å². The van der Waals surface area contributed by atoms with Crippen molar-refractivity contribution < 1.29 is 4.74 Å². The highest BCUT2D eigenvalue weighted by molar-refractivity contribution is 8.15. The third-order valence-corrected chi connectivity index (χ3v) is 5.31. The lowest BCUT2D eigenvalue weighted by atomic mass is 10.4. The average molecular weight is 285 g/mol. The Balaban J connectivity index is 1.45. The predicted molar refractivity (Wildman–Crippen MR) is 73.2 cm³/mol. The van der Waals surface area contributed by atoms with E-state index in [0.717, 1.165) is 43.6 Å². The normalized spacial score (nSPS) is 24.3. The van der Waals surface area contributed by atoms with Crippen molar-refractivity contribution in [2.24, 2.45) is 4.99 Å². The molecule has 0 spiro atoms. The smallest absolute Gasteiger partial charge is 0.159 e. The molecule has 18 heavy (non-hydrogen) atoms. The van der Waals surface area contributed by atoms with E-state index in [9.17, 15) is 0 Å². The molecule has 8 heteroatoms. The van der Waals surface area contributed by atoms with Gasteiger partial charge in [-0.1, -0.05) is 11.8 Å². The average Bonchev–Trinajstić information content (AvgIpc) is 3.09. The number of nitrogens with zero attached hydrogens (tertiary/aromatic N) is 4. The summed E-state index contributed by atoms with van der Waals surface area (Å²) < 4.78 is 5.35. The summed E-state index contributed by atoms with van der Waals surface area (Å²) in [5.74, 6) is 1.02. The lowest BCUT2D eigenvalue weighted by Gasteiger charge is -2.28. The molecule has 2 aliphatic heterocycles. The van der Waals surface area contributed by atoms with Crippen LogP contribution in [-0.4, -0.2) is 69.3 Å². The molecule has 1 aromatic heterocycles. The Morgan fingerprint density at radius 1 is 1.50 bits per heavy atom. The number of ether oxygens (including phenoxy) is 1. The van der Waals surface area contributed by atoms with Gasteiger partial charge in [-0.15, -0.1) is 16.9 Å². The largest absolute Gasteiger partial charge is 0.378 e. The van der Waals surface area contributed by atoms with Crippen LogP contribution in [0.2, 0.25) is 0 Å². The molecule has 6 nitrogen and oxygen atoms in total. The van der Waals surface area contributed by atoms with Crippen molar-refractivity contribution in [1.82, 2.24) is 20.3 Å². The Morgan fingerprint density at radius 3 is 3.17 bits per heavy atom. The van der Waals surface area contributed by atoms with E-state index in [1.54, 1.807) is 18.0 Å². The second-order valence-corrected chi connectivity index (χ2v) is 6.39. The van der Waals surface area contributed by atoms with Crippen LogP contribution in [0.15, 0.2) is 16.2 Å². The number of morpholine rings is 1. The van der Waals surface area contributed by atoms with Crippen LogP contribution in [0, 0.1) is 0 Å². The molecule has 98 valence electrons. The first-order valence-electron chi connectivity index (χ1n) is 5.94. The lowest BCUT2D eigenvalue weighted by molar-refractivity contribution is 0.0693. The van der Waals surface area contributed by atoms with Gasteiger partial charge in [-0.05, 0) is 0 Å². The summed E-state index contributed by atoms with van der Waals surface area (Å²) in [7, 11) is 0. The molecule has 0 radical (unpaired) electrons. The van der Waals surface area contributed by atoms with Crippen LogP contribution in [0.1, 0.15) is 0 Å². The molecule has 3 heterocycles. The molecule has 0 aliphatic carbocycles. The van der Waals surface area contributed by atoms with E-state index in [4.69, 9.17) is 4.74 Å². The van der Waals surface area contributed by atoms with Crippen molar-refractivity contribution in [3.63, 3.8) is 0 Å². The topological polar surface area (TPSA) is 66.4 Å². The van der Waals surface area contributed by atoms with Gasteiger partial charge in [0.25, 0.3) is 0 Å². The molecule has 2 aliphatic rings. The molecule has 0 aromatic carbocycles. The lowest BCUT2D eigenvalue weighted by Crippen LogP contribution is -2.39. The standard InChI is InChI=1S/C10H15N5OS2/c1-3-16-4-2-15(1)10-11-5-8(18-10)7-17-9-6-12-14-13-9/h6,8H,1-5,7H2,(H,12,13,14)/t8-/m0/s1. The Labute approximate surface area is 114 Å². The second-order valence-electron chi connectivity index (χ2n) is 4.08. The number of amidine groups is 1. The van der Waals surface area contributed by atoms with Gasteiger partial charge in [-0.3, -0.25) is 4.99 Å². The summed E-state index contributed by atoms with van der Waals surface area (Å²) in [6.07, 6.45) is 1.76. The van der Waals surface area contributed by atoms with Gasteiger partial charge >= 0.3 is 0 Å². The minimum Gasteiger partial charge on any atom is -0.378 e. The Kier molecular flexibility index (Phi) is 4.06. The van der Waals surface area contributed by atoms with Crippen LogP contribution >= 0.6 is 23.5 Å². The first-order chi connectivity index (χ1) is 8.92. The van der Waals surface area contributed by atoms with Crippen molar-refractivity contribution in [2.45, 2.75) is 10.3 Å². The fourth-order valence-corrected chi connectivity index (χ4v) is 3.96. The summed E-state index contributed by atoms with van der Waals surface area (Å²) in [6.45, 7) is 4.47. The zero-order valence-electron chi connectivity index (χ0n) is 9.91. The van der Waals surface area contributed by atoms with Crippen LogP contribution in [0.5, 0.6) is 0 Å². The van der Waals surface area contributed by atoms with Gasteiger partial charge in [-0.25, -0.2) is 0 Å². The SMILES string of the molecule is c1n[nH]nc1SC[C@@H]1CN=C(N2CCOCC2)S1. The molecule has 1 aromatic rings. The summed E-state index contributed by atoms with van der Waals surface area (Å²) in [4.78, 5) is 6.96. The molecule has 0 saturated carbocycles. The number of rotatable bonds is 3. The van der Waals surface area contributed by atoms with Crippen molar-refractivity contribution in [3.8, 4) is 0 Å². The number of aromatic nitrogens is 3. The number of nitrogens with one attached hydrogen (secondary N) is 1. The minimum atomic E-state index is 0.546. The molecule has 0 unspecified atom stereocenters. The molecule has 1 fully saturated rings. The van der Waals surface area contributed by atoms with Crippen molar-refractivity contribution in [3.05, 3.63) is 6.20 Å². The molecule has 1 saturated heterocycles. The fourth-order valence-electron chi connectivity index (χ4n) is 1.86. The van der Waals surface area contributed by atoms with Crippen LogP contribution in [0.4, 0.5) is 0 Å². The van der Waals surface area contributed by atoms with Crippen LogP contribution in [-0.2, 0) is 4.74 Å². The maximum atomic E-state index is 5.35. The van der Waals surface area contributed by atoms with Gasteiger partial charge in [-0.2, -0.15) is 10.3 Å². The number of thioether (sulfide) groups is 2. The van der Waals surface area contributed by atoms with Gasteiger partial charge < -0.3 is 9.64 Å². The van der Waals surface area contributed by atoms with Crippen LogP contribution < -0.4 is 0 Å². The van der Waals surface area contributed by atoms with E-state index in [2.05, 4.69) is 25.3 Å². The third-order valence-electron chi connectivity index (χ3n) is 2.79. The zero-order chi connectivity index (χ0) is 12.2. The summed E-state index contributed by atoms with van der Waals surface area (Å²) in [5, 5.41) is 13.2.